The van der Waals surface area contributed by atoms with Gasteiger partial charge in [0.2, 0.25) is 0 Å². The van der Waals surface area contributed by atoms with E-state index >= 15 is 0 Å². The molecule has 1 rings (SSSR count). The lowest BCUT2D eigenvalue weighted by molar-refractivity contribution is -0.137. The summed E-state index contributed by atoms with van der Waals surface area (Å²) >= 11 is 0. The highest BCUT2D eigenvalue weighted by Crippen LogP contribution is 2.16. The standard InChI is InChI=1S/C14H27NO2.C12H25NO2/c16-14(17)12-15-13-10-8-6-4-2-1-3-5-7-9-11-13;1-2-3-4-5-6-7-8-9-10-13-11-12(14)15/h13,15H,1-12H2,(H,16,17);13H,2-11H2,1H3,(H,14,15). The van der Waals surface area contributed by atoms with Crippen LogP contribution in [0.2, 0.25) is 0 Å². The Hall–Kier alpha value is -1.14. The molecule has 0 aromatic carbocycles. The lowest BCUT2D eigenvalue weighted by Crippen LogP contribution is -2.33. The zero-order valence-corrected chi connectivity index (χ0v) is 20.8. The van der Waals surface area contributed by atoms with Gasteiger partial charge < -0.3 is 20.8 Å². The smallest absolute Gasteiger partial charge is 0.317 e. The van der Waals surface area contributed by atoms with E-state index in [0.717, 1.165) is 25.8 Å². The second-order valence-corrected chi connectivity index (χ2v) is 9.28. The van der Waals surface area contributed by atoms with Crippen LogP contribution in [0.3, 0.4) is 0 Å². The molecule has 0 spiro atoms. The van der Waals surface area contributed by atoms with Crippen molar-refractivity contribution >= 4 is 11.9 Å². The second-order valence-electron chi connectivity index (χ2n) is 9.28. The van der Waals surface area contributed by atoms with Gasteiger partial charge >= 0.3 is 11.9 Å². The number of rotatable bonds is 14. The van der Waals surface area contributed by atoms with Gasteiger partial charge in [-0.05, 0) is 25.8 Å². The lowest BCUT2D eigenvalue weighted by atomic mass is 9.98. The van der Waals surface area contributed by atoms with E-state index in [2.05, 4.69) is 17.6 Å². The number of carbonyl (C=O) groups is 2. The largest absolute Gasteiger partial charge is 0.480 e. The maximum Gasteiger partial charge on any atom is 0.317 e. The number of unbranched alkanes of at least 4 members (excludes halogenated alkanes) is 7. The number of carboxylic acids is 2. The minimum atomic E-state index is -0.769. The number of hydrogen-bond donors (Lipinski definition) is 4. The van der Waals surface area contributed by atoms with Gasteiger partial charge in [-0.25, -0.2) is 0 Å². The van der Waals surface area contributed by atoms with Crippen molar-refractivity contribution in [1.82, 2.24) is 10.6 Å². The van der Waals surface area contributed by atoms with Crippen molar-refractivity contribution in [2.24, 2.45) is 0 Å². The summed E-state index contributed by atoms with van der Waals surface area (Å²) in [4.78, 5) is 20.7. The molecule has 6 nitrogen and oxygen atoms in total. The van der Waals surface area contributed by atoms with Crippen molar-refractivity contribution in [2.75, 3.05) is 19.6 Å². The summed E-state index contributed by atoms with van der Waals surface area (Å²) in [6, 6.07) is 0.422. The lowest BCUT2D eigenvalue weighted by Gasteiger charge is -2.18. The first kappa shape index (κ1) is 30.9. The fourth-order valence-electron chi connectivity index (χ4n) is 4.18. The molecular weight excluding hydrogens is 404 g/mol. The monoisotopic (exact) mass is 456 g/mol. The van der Waals surface area contributed by atoms with Crippen LogP contribution in [0, 0.1) is 0 Å². The van der Waals surface area contributed by atoms with Gasteiger partial charge in [-0.2, -0.15) is 0 Å². The summed E-state index contributed by atoms with van der Waals surface area (Å²) in [6.45, 7) is 3.27. The van der Waals surface area contributed by atoms with Crippen LogP contribution in [0.1, 0.15) is 129 Å². The van der Waals surface area contributed by atoms with Gasteiger partial charge in [0.05, 0.1) is 13.1 Å². The molecule has 190 valence electrons. The van der Waals surface area contributed by atoms with Crippen molar-refractivity contribution in [3.05, 3.63) is 0 Å². The minimum Gasteiger partial charge on any atom is -0.480 e. The van der Waals surface area contributed by atoms with E-state index in [0.29, 0.717) is 6.04 Å². The van der Waals surface area contributed by atoms with E-state index in [-0.39, 0.29) is 13.1 Å². The van der Waals surface area contributed by atoms with Crippen molar-refractivity contribution in [1.29, 1.82) is 0 Å². The Bertz CT molecular complexity index is 420. The van der Waals surface area contributed by atoms with Crippen molar-refractivity contribution in [2.45, 2.75) is 135 Å². The first-order valence-electron chi connectivity index (χ1n) is 13.4. The molecule has 0 radical (unpaired) electrons. The van der Waals surface area contributed by atoms with Gasteiger partial charge in [0, 0.05) is 6.04 Å². The Morgan fingerprint density at radius 3 is 1.56 bits per heavy atom. The minimum absolute atomic E-state index is 0.0938. The number of aliphatic carboxylic acids is 2. The van der Waals surface area contributed by atoms with Gasteiger partial charge in [-0.15, -0.1) is 0 Å². The van der Waals surface area contributed by atoms with Crippen LogP contribution < -0.4 is 10.6 Å². The Kier molecular flexibility index (Phi) is 23.6. The number of carboxylic acid groups (broad SMARTS) is 2. The van der Waals surface area contributed by atoms with Crippen LogP contribution in [0.4, 0.5) is 0 Å². The second kappa shape index (κ2) is 24.5. The van der Waals surface area contributed by atoms with Crippen molar-refractivity contribution in [3.8, 4) is 0 Å². The maximum atomic E-state index is 10.6. The van der Waals surface area contributed by atoms with Gasteiger partial charge in [0.15, 0.2) is 0 Å². The third-order valence-corrected chi connectivity index (χ3v) is 6.13. The topological polar surface area (TPSA) is 98.7 Å². The molecule has 0 bridgehead atoms. The molecule has 0 saturated heterocycles. The Morgan fingerprint density at radius 1 is 0.656 bits per heavy atom. The van der Waals surface area contributed by atoms with Crippen LogP contribution in [0.15, 0.2) is 0 Å². The van der Waals surface area contributed by atoms with Gasteiger partial charge in [0.1, 0.15) is 0 Å². The molecule has 4 N–H and O–H groups in total. The molecule has 0 unspecified atom stereocenters. The van der Waals surface area contributed by atoms with Crippen LogP contribution in [-0.4, -0.2) is 47.8 Å². The predicted molar refractivity (Wildman–Crippen MR) is 133 cm³/mol. The molecule has 6 heteroatoms. The summed E-state index contributed by atoms with van der Waals surface area (Å²) in [5.74, 6) is -1.51. The third-order valence-electron chi connectivity index (χ3n) is 6.13. The first-order valence-corrected chi connectivity index (χ1v) is 13.4. The Morgan fingerprint density at radius 2 is 1.09 bits per heavy atom. The molecule has 1 saturated carbocycles. The van der Waals surface area contributed by atoms with E-state index in [4.69, 9.17) is 10.2 Å². The van der Waals surface area contributed by atoms with Crippen LogP contribution in [-0.2, 0) is 9.59 Å². The maximum absolute atomic E-state index is 10.6. The fraction of sp³-hybridized carbons (Fsp3) is 0.923. The van der Waals surface area contributed by atoms with E-state index in [1.54, 1.807) is 0 Å². The van der Waals surface area contributed by atoms with Crippen LogP contribution in [0.5, 0.6) is 0 Å². The summed E-state index contributed by atoms with van der Waals surface area (Å²) in [6.07, 6.45) is 24.6. The zero-order chi connectivity index (χ0) is 23.7. The van der Waals surface area contributed by atoms with Crippen LogP contribution in [0.25, 0.3) is 0 Å². The molecule has 0 heterocycles. The SMILES string of the molecule is CCCCCCCCCCNCC(=O)O.O=C(O)CNC1CCCCCCCCCCC1. The number of hydrogen-bond acceptors (Lipinski definition) is 4. The quantitative estimate of drug-likeness (QED) is 0.235. The zero-order valence-electron chi connectivity index (χ0n) is 20.8. The summed E-state index contributed by atoms with van der Waals surface area (Å²) in [5.41, 5.74) is 0. The summed E-state index contributed by atoms with van der Waals surface area (Å²) < 4.78 is 0. The fourth-order valence-corrected chi connectivity index (χ4v) is 4.18. The molecule has 0 atom stereocenters. The molecule has 1 fully saturated rings. The number of nitrogens with one attached hydrogen (secondary N) is 2. The first-order chi connectivity index (χ1) is 15.6. The predicted octanol–water partition coefficient (Wildman–Crippen LogP) is 6.14. The highest BCUT2D eigenvalue weighted by molar-refractivity contribution is 5.69. The normalized spacial score (nSPS) is 16.3. The van der Waals surface area contributed by atoms with E-state index < -0.39 is 11.9 Å². The average molecular weight is 457 g/mol. The Labute approximate surface area is 197 Å². The third kappa shape index (κ3) is 25.1. The van der Waals surface area contributed by atoms with Crippen molar-refractivity contribution in [3.63, 3.8) is 0 Å². The van der Waals surface area contributed by atoms with Gasteiger partial charge in [0.25, 0.3) is 0 Å². The van der Waals surface area contributed by atoms with E-state index in [9.17, 15) is 9.59 Å². The molecule has 1 aliphatic rings. The molecule has 0 amide bonds. The van der Waals surface area contributed by atoms with Gasteiger partial charge in [-0.1, -0.05) is 110 Å². The molecule has 0 aliphatic heterocycles. The molecule has 32 heavy (non-hydrogen) atoms. The van der Waals surface area contributed by atoms with Gasteiger partial charge in [-0.3, -0.25) is 9.59 Å². The Balaban J connectivity index is 0.000000607. The highest BCUT2D eigenvalue weighted by Gasteiger charge is 2.10. The molecule has 0 aromatic heterocycles. The van der Waals surface area contributed by atoms with Crippen molar-refractivity contribution < 1.29 is 19.8 Å². The van der Waals surface area contributed by atoms with Crippen LogP contribution >= 0.6 is 0 Å². The average Bonchev–Trinajstić information content (AvgIpc) is 2.75. The summed E-state index contributed by atoms with van der Waals surface area (Å²) in [7, 11) is 0. The highest BCUT2D eigenvalue weighted by atomic mass is 16.4. The summed E-state index contributed by atoms with van der Waals surface area (Å²) in [5, 5.41) is 23.1. The molecular formula is C26H52N2O4. The van der Waals surface area contributed by atoms with E-state index in [1.807, 2.05) is 0 Å². The van der Waals surface area contributed by atoms with E-state index in [1.165, 1.54) is 103 Å². The molecule has 1 aliphatic carbocycles. The molecule has 0 aromatic rings.